The van der Waals surface area contributed by atoms with Crippen molar-refractivity contribution >= 4 is 5.91 Å². The lowest BCUT2D eigenvalue weighted by atomic mass is 10.1. The number of nitrogens with one attached hydrogen (secondary N) is 1. The Morgan fingerprint density at radius 1 is 1.14 bits per heavy atom. The van der Waals surface area contributed by atoms with Gasteiger partial charge in [0.25, 0.3) is 11.5 Å². The summed E-state index contributed by atoms with van der Waals surface area (Å²) in [5, 5.41) is 2.68. The standard InChI is InChI=1S/C25H24F3N3O4/c1-2-3-10-30-15-20(22(32)29-14-16-7-8-21-17(12-16)9-11-35-21)23(33)31(24(30)34)19-6-4-5-18(13-19)25(26,27)28/h4-8,12-13,15H,2-3,9-11,14H2,1H3,(H,29,32). The fourth-order valence-corrected chi connectivity index (χ4v) is 3.92. The number of hydrogen-bond donors (Lipinski definition) is 1. The lowest BCUT2D eigenvalue weighted by molar-refractivity contribution is -0.137. The summed E-state index contributed by atoms with van der Waals surface area (Å²) in [6.45, 7) is 2.84. The Morgan fingerprint density at radius 2 is 1.94 bits per heavy atom. The van der Waals surface area contributed by atoms with Crippen molar-refractivity contribution in [2.45, 2.75) is 45.5 Å². The molecule has 1 aliphatic rings. The van der Waals surface area contributed by atoms with E-state index in [0.29, 0.717) is 17.6 Å². The molecule has 0 aliphatic carbocycles. The van der Waals surface area contributed by atoms with Crippen molar-refractivity contribution < 1.29 is 22.7 Å². The molecule has 0 spiro atoms. The zero-order valence-corrected chi connectivity index (χ0v) is 19.0. The van der Waals surface area contributed by atoms with Gasteiger partial charge in [0, 0.05) is 25.7 Å². The monoisotopic (exact) mass is 487 g/mol. The van der Waals surface area contributed by atoms with E-state index < -0.39 is 28.9 Å². The van der Waals surface area contributed by atoms with E-state index in [9.17, 15) is 27.6 Å². The zero-order chi connectivity index (χ0) is 25.2. The zero-order valence-electron chi connectivity index (χ0n) is 19.0. The molecule has 4 rings (SSSR count). The fraction of sp³-hybridized carbons (Fsp3) is 0.320. The van der Waals surface area contributed by atoms with Gasteiger partial charge in [-0.2, -0.15) is 13.2 Å². The maximum atomic E-state index is 13.2. The Kier molecular flexibility index (Phi) is 6.81. The summed E-state index contributed by atoms with van der Waals surface area (Å²) in [5.41, 5.74) is -1.55. The number of nitrogens with zero attached hydrogens (tertiary/aromatic N) is 2. The number of halogens is 3. The Morgan fingerprint density at radius 3 is 2.69 bits per heavy atom. The Hall–Kier alpha value is -3.82. The Bertz CT molecular complexity index is 1380. The number of benzene rings is 2. The fourth-order valence-electron chi connectivity index (χ4n) is 3.92. The molecule has 7 nitrogen and oxygen atoms in total. The van der Waals surface area contributed by atoms with Crippen LogP contribution in [0.4, 0.5) is 13.2 Å². The number of alkyl halides is 3. The number of carbonyl (C=O) groups is 1. The van der Waals surface area contributed by atoms with Crippen molar-refractivity contribution in [2.24, 2.45) is 0 Å². The number of aromatic nitrogens is 2. The molecule has 10 heteroatoms. The van der Waals surface area contributed by atoms with Gasteiger partial charge >= 0.3 is 11.9 Å². The van der Waals surface area contributed by atoms with Gasteiger partial charge in [0.15, 0.2) is 0 Å². The van der Waals surface area contributed by atoms with E-state index in [4.69, 9.17) is 4.74 Å². The largest absolute Gasteiger partial charge is 0.493 e. The van der Waals surface area contributed by atoms with E-state index in [0.717, 1.165) is 47.9 Å². The number of aryl methyl sites for hydroxylation is 1. The van der Waals surface area contributed by atoms with Crippen LogP contribution in [-0.2, 0) is 25.7 Å². The van der Waals surface area contributed by atoms with Gasteiger partial charge in [0.2, 0.25) is 0 Å². The van der Waals surface area contributed by atoms with Gasteiger partial charge in [0.05, 0.1) is 17.9 Å². The van der Waals surface area contributed by atoms with Crippen LogP contribution in [0, 0.1) is 0 Å². The summed E-state index contributed by atoms with van der Waals surface area (Å²) >= 11 is 0. The number of ether oxygens (including phenoxy) is 1. The third-order valence-electron chi connectivity index (χ3n) is 5.79. The van der Waals surface area contributed by atoms with E-state index >= 15 is 0 Å². The average Bonchev–Trinajstić information content (AvgIpc) is 3.30. The molecule has 35 heavy (non-hydrogen) atoms. The molecular formula is C25H24F3N3O4. The molecule has 1 aromatic heterocycles. The highest BCUT2D eigenvalue weighted by atomic mass is 19.4. The van der Waals surface area contributed by atoms with Crippen LogP contribution in [0.1, 0.15) is 46.8 Å². The summed E-state index contributed by atoms with van der Waals surface area (Å²) < 4.78 is 47.0. The Balaban J connectivity index is 1.71. The van der Waals surface area contributed by atoms with Gasteiger partial charge in [-0.1, -0.05) is 31.5 Å². The number of hydrogen-bond acceptors (Lipinski definition) is 4. The second-order valence-electron chi connectivity index (χ2n) is 8.28. The smallest absolute Gasteiger partial charge is 0.416 e. The molecule has 0 unspecified atom stereocenters. The molecule has 2 heterocycles. The number of amides is 1. The second kappa shape index (κ2) is 9.81. The number of rotatable bonds is 7. The van der Waals surface area contributed by atoms with Crippen LogP contribution in [0.3, 0.4) is 0 Å². The number of fused-ring (bicyclic) bond motifs is 1. The van der Waals surface area contributed by atoms with E-state index in [-0.39, 0.29) is 24.3 Å². The molecule has 0 saturated carbocycles. The molecule has 0 fully saturated rings. The SMILES string of the molecule is CCCCn1cc(C(=O)NCc2ccc3c(c2)CCO3)c(=O)n(-c2cccc(C(F)(F)F)c2)c1=O. The minimum atomic E-state index is -4.66. The molecule has 1 aliphatic heterocycles. The normalized spacial score (nSPS) is 12.8. The van der Waals surface area contributed by atoms with Crippen molar-refractivity contribution in [1.29, 1.82) is 0 Å². The van der Waals surface area contributed by atoms with Crippen LogP contribution in [0.25, 0.3) is 5.69 Å². The highest BCUT2D eigenvalue weighted by molar-refractivity contribution is 5.93. The van der Waals surface area contributed by atoms with Crippen LogP contribution < -0.4 is 21.3 Å². The predicted octanol–water partition coefficient (Wildman–Crippen LogP) is 3.68. The molecule has 1 N–H and O–H groups in total. The lowest BCUT2D eigenvalue weighted by Crippen LogP contribution is -2.43. The lowest BCUT2D eigenvalue weighted by Gasteiger charge is -2.14. The molecule has 1 amide bonds. The second-order valence-corrected chi connectivity index (χ2v) is 8.28. The van der Waals surface area contributed by atoms with Crippen molar-refractivity contribution in [3.63, 3.8) is 0 Å². The van der Waals surface area contributed by atoms with Crippen LogP contribution >= 0.6 is 0 Å². The van der Waals surface area contributed by atoms with Crippen LogP contribution in [0.2, 0.25) is 0 Å². The summed E-state index contributed by atoms with van der Waals surface area (Å²) in [6.07, 6.45) is -1.40. The number of carbonyl (C=O) groups excluding carboxylic acids is 1. The average molecular weight is 487 g/mol. The Labute approximate surface area is 198 Å². The quantitative estimate of drug-likeness (QED) is 0.551. The maximum Gasteiger partial charge on any atom is 0.416 e. The van der Waals surface area contributed by atoms with Crippen molar-refractivity contribution in [3.8, 4) is 11.4 Å². The van der Waals surface area contributed by atoms with Gasteiger partial charge in [-0.15, -0.1) is 0 Å². The van der Waals surface area contributed by atoms with Gasteiger partial charge in [-0.05, 0) is 41.8 Å². The van der Waals surface area contributed by atoms with E-state index in [2.05, 4.69) is 5.32 Å². The topological polar surface area (TPSA) is 82.3 Å². The van der Waals surface area contributed by atoms with Gasteiger partial charge in [0.1, 0.15) is 11.3 Å². The first kappa shape index (κ1) is 24.3. The van der Waals surface area contributed by atoms with E-state index in [1.54, 1.807) is 6.07 Å². The minimum Gasteiger partial charge on any atom is -0.493 e. The first-order valence-corrected chi connectivity index (χ1v) is 11.3. The van der Waals surface area contributed by atoms with Gasteiger partial charge in [-0.3, -0.25) is 14.2 Å². The molecule has 184 valence electrons. The van der Waals surface area contributed by atoms with Crippen molar-refractivity contribution in [2.75, 3.05) is 6.61 Å². The molecule has 0 bridgehead atoms. The molecule has 0 radical (unpaired) electrons. The maximum absolute atomic E-state index is 13.2. The third-order valence-corrected chi connectivity index (χ3v) is 5.79. The number of unbranched alkanes of at least 4 members (excludes halogenated alkanes) is 1. The first-order valence-electron chi connectivity index (χ1n) is 11.3. The van der Waals surface area contributed by atoms with Crippen LogP contribution in [0.5, 0.6) is 5.75 Å². The first-order chi connectivity index (χ1) is 16.7. The summed E-state index contributed by atoms with van der Waals surface area (Å²) in [7, 11) is 0. The summed E-state index contributed by atoms with van der Waals surface area (Å²) in [6, 6.07) is 9.44. The molecule has 0 atom stereocenters. The molecule has 0 saturated heterocycles. The van der Waals surface area contributed by atoms with Crippen LogP contribution in [-0.4, -0.2) is 21.6 Å². The van der Waals surface area contributed by atoms with E-state index in [1.807, 2.05) is 19.1 Å². The van der Waals surface area contributed by atoms with Gasteiger partial charge < -0.3 is 10.1 Å². The van der Waals surface area contributed by atoms with E-state index in [1.165, 1.54) is 16.8 Å². The van der Waals surface area contributed by atoms with Crippen LogP contribution in [0.15, 0.2) is 58.3 Å². The third kappa shape index (κ3) is 5.16. The molecular weight excluding hydrogens is 463 g/mol. The molecule has 2 aromatic carbocycles. The highest BCUT2D eigenvalue weighted by Gasteiger charge is 2.31. The summed E-state index contributed by atoms with van der Waals surface area (Å²) in [5.74, 6) is 0.0739. The van der Waals surface area contributed by atoms with Crippen molar-refractivity contribution in [1.82, 2.24) is 14.5 Å². The van der Waals surface area contributed by atoms with Crippen molar-refractivity contribution in [3.05, 3.63) is 91.8 Å². The minimum absolute atomic E-state index is 0.128. The predicted molar refractivity (Wildman–Crippen MR) is 123 cm³/mol. The molecule has 3 aromatic rings. The van der Waals surface area contributed by atoms with Gasteiger partial charge in [-0.25, -0.2) is 9.36 Å². The highest BCUT2D eigenvalue weighted by Crippen LogP contribution is 2.30. The summed E-state index contributed by atoms with van der Waals surface area (Å²) in [4.78, 5) is 39.2.